The zero-order chi connectivity index (χ0) is 33.3. The van der Waals surface area contributed by atoms with Crippen molar-refractivity contribution in [2.24, 2.45) is 7.05 Å². The van der Waals surface area contributed by atoms with Crippen LogP contribution in [0.4, 0.5) is 5.69 Å². The van der Waals surface area contributed by atoms with Crippen molar-refractivity contribution < 1.29 is 9.47 Å². The van der Waals surface area contributed by atoms with Crippen molar-refractivity contribution in [3.05, 3.63) is 94.8 Å². The SMILES string of the molecule is Cn1nc(-c2ccc(-c3c(CCc4ccc5ccccc5n4)nc4c(N5CCOCC5)ccnn34)cc2)n(COCC[Si](C)(C)C)c1=O. The first-order chi connectivity index (χ1) is 23.2. The van der Waals surface area contributed by atoms with Gasteiger partial charge in [-0.25, -0.2) is 19.0 Å². The molecule has 12 heteroatoms. The van der Waals surface area contributed by atoms with Gasteiger partial charge >= 0.3 is 5.69 Å². The lowest BCUT2D eigenvalue weighted by Crippen LogP contribution is -2.36. The van der Waals surface area contributed by atoms with Gasteiger partial charge in [0.25, 0.3) is 0 Å². The summed E-state index contributed by atoms with van der Waals surface area (Å²) in [5.74, 6) is 0.579. The number of anilines is 1. The number of pyridine rings is 1. The zero-order valence-electron chi connectivity index (χ0n) is 28.1. The molecule has 48 heavy (non-hydrogen) atoms. The van der Waals surface area contributed by atoms with E-state index < -0.39 is 8.07 Å². The molecule has 1 aliphatic heterocycles. The average Bonchev–Trinajstić information content (AvgIpc) is 3.61. The van der Waals surface area contributed by atoms with Crippen molar-refractivity contribution in [2.75, 3.05) is 37.8 Å². The van der Waals surface area contributed by atoms with Gasteiger partial charge in [0.1, 0.15) is 6.73 Å². The first-order valence-electron chi connectivity index (χ1n) is 16.6. The lowest BCUT2D eigenvalue weighted by atomic mass is 10.0. The van der Waals surface area contributed by atoms with E-state index in [-0.39, 0.29) is 12.4 Å². The number of morpholine rings is 1. The third-order valence-corrected chi connectivity index (χ3v) is 10.5. The maximum Gasteiger partial charge on any atom is 0.347 e. The molecule has 0 radical (unpaired) electrons. The summed E-state index contributed by atoms with van der Waals surface area (Å²) in [6.07, 6.45) is 3.29. The van der Waals surface area contributed by atoms with Crippen molar-refractivity contribution in [1.29, 1.82) is 0 Å². The van der Waals surface area contributed by atoms with Gasteiger partial charge in [-0.3, -0.25) is 9.55 Å². The Balaban J connectivity index is 1.23. The number of aryl methyl sites for hydroxylation is 3. The van der Waals surface area contributed by atoms with Crippen LogP contribution in [-0.2, 0) is 36.1 Å². The van der Waals surface area contributed by atoms with Gasteiger partial charge in [0.15, 0.2) is 11.5 Å². The quantitative estimate of drug-likeness (QED) is 0.134. The van der Waals surface area contributed by atoms with E-state index in [1.165, 1.54) is 4.68 Å². The predicted molar refractivity (Wildman–Crippen MR) is 191 cm³/mol. The molecule has 0 saturated carbocycles. The summed E-state index contributed by atoms with van der Waals surface area (Å²) in [5, 5.41) is 10.5. The number of rotatable bonds is 11. The third-order valence-electron chi connectivity index (χ3n) is 8.84. The third kappa shape index (κ3) is 6.68. The Morgan fingerprint density at radius 3 is 2.46 bits per heavy atom. The average molecular weight is 663 g/mol. The summed E-state index contributed by atoms with van der Waals surface area (Å²) in [6, 6.07) is 23.7. The van der Waals surface area contributed by atoms with E-state index in [2.05, 4.69) is 66.0 Å². The zero-order valence-corrected chi connectivity index (χ0v) is 29.1. The van der Waals surface area contributed by atoms with Crippen LogP contribution in [0.5, 0.6) is 0 Å². The van der Waals surface area contributed by atoms with Gasteiger partial charge in [-0.15, -0.1) is 5.10 Å². The number of nitrogens with zero attached hydrogens (tertiary/aromatic N) is 8. The number of ether oxygens (including phenoxy) is 2. The van der Waals surface area contributed by atoms with Crippen molar-refractivity contribution >= 4 is 30.3 Å². The Labute approximate surface area is 280 Å². The molecule has 0 spiro atoms. The minimum Gasteiger partial charge on any atom is -0.378 e. The van der Waals surface area contributed by atoms with Gasteiger partial charge in [0.05, 0.1) is 42.0 Å². The largest absolute Gasteiger partial charge is 0.378 e. The first kappa shape index (κ1) is 31.9. The number of aromatic nitrogens is 7. The van der Waals surface area contributed by atoms with Crippen molar-refractivity contribution in [1.82, 2.24) is 33.9 Å². The molecule has 0 amide bonds. The lowest BCUT2D eigenvalue weighted by Gasteiger charge is -2.28. The molecule has 1 saturated heterocycles. The van der Waals surface area contributed by atoms with E-state index in [0.29, 0.717) is 32.1 Å². The van der Waals surface area contributed by atoms with Crippen LogP contribution in [-0.4, -0.2) is 74.9 Å². The lowest BCUT2D eigenvalue weighted by molar-refractivity contribution is 0.0856. The molecule has 0 N–H and O–H groups in total. The Bertz CT molecular complexity index is 2110. The van der Waals surface area contributed by atoms with Crippen LogP contribution in [0.15, 0.2) is 77.7 Å². The predicted octanol–water partition coefficient (Wildman–Crippen LogP) is 5.44. The fourth-order valence-corrected chi connectivity index (χ4v) is 6.89. The maximum atomic E-state index is 13.0. The van der Waals surface area contributed by atoms with Crippen LogP contribution >= 0.6 is 0 Å². The monoisotopic (exact) mass is 662 g/mol. The highest BCUT2D eigenvalue weighted by Crippen LogP contribution is 2.32. The second-order valence-electron chi connectivity index (χ2n) is 13.5. The van der Waals surface area contributed by atoms with Crippen LogP contribution in [0.25, 0.3) is 39.2 Å². The van der Waals surface area contributed by atoms with Crippen LogP contribution in [0.2, 0.25) is 25.7 Å². The van der Waals surface area contributed by atoms with Crippen LogP contribution in [0.1, 0.15) is 11.4 Å². The van der Waals surface area contributed by atoms with Crippen LogP contribution < -0.4 is 10.6 Å². The summed E-state index contributed by atoms with van der Waals surface area (Å²) in [5.41, 5.74) is 7.41. The second-order valence-corrected chi connectivity index (χ2v) is 19.2. The molecule has 1 fully saturated rings. The summed E-state index contributed by atoms with van der Waals surface area (Å²) in [6.45, 7) is 10.7. The van der Waals surface area contributed by atoms with Gasteiger partial charge in [-0.05, 0) is 37.1 Å². The summed E-state index contributed by atoms with van der Waals surface area (Å²) in [7, 11) is 0.426. The van der Waals surface area contributed by atoms with Crippen molar-refractivity contribution in [2.45, 2.75) is 45.3 Å². The molecule has 7 rings (SSSR count). The molecule has 5 heterocycles. The smallest absolute Gasteiger partial charge is 0.347 e. The number of fused-ring (bicyclic) bond motifs is 2. The fourth-order valence-electron chi connectivity index (χ4n) is 6.13. The highest BCUT2D eigenvalue weighted by atomic mass is 28.3. The molecule has 0 atom stereocenters. The molecular formula is C36H42N8O3Si. The van der Waals surface area contributed by atoms with E-state index in [1.54, 1.807) is 11.6 Å². The topological polar surface area (TPSA) is 105 Å². The highest BCUT2D eigenvalue weighted by Gasteiger charge is 2.22. The van der Waals surface area contributed by atoms with Crippen molar-refractivity contribution in [3.63, 3.8) is 0 Å². The van der Waals surface area contributed by atoms with Gasteiger partial charge in [0, 0.05) is 57.0 Å². The number of hydrogen-bond acceptors (Lipinski definition) is 8. The van der Waals surface area contributed by atoms with E-state index in [0.717, 1.165) is 76.0 Å². The Kier molecular flexibility index (Phi) is 8.95. The molecule has 2 aromatic carbocycles. The van der Waals surface area contributed by atoms with Crippen LogP contribution in [0, 0.1) is 0 Å². The maximum absolute atomic E-state index is 13.0. The summed E-state index contributed by atoms with van der Waals surface area (Å²) < 4.78 is 16.5. The molecule has 6 aromatic rings. The van der Waals surface area contributed by atoms with E-state index in [4.69, 9.17) is 24.5 Å². The Morgan fingerprint density at radius 2 is 1.67 bits per heavy atom. The molecule has 248 valence electrons. The molecule has 0 unspecified atom stereocenters. The first-order valence-corrected chi connectivity index (χ1v) is 20.3. The normalized spacial score (nSPS) is 14.0. The minimum absolute atomic E-state index is 0.169. The molecule has 0 aliphatic carbocycles. The van der Waals surface area contributed by atoms with E-state index >= 15 is 0 Å². The standard InChI is InChI=1S/C36H42N8O3Si/c1-41-36(45)43(25-47-23-24-48(2,3)4)34(40-41)28-11-9-27(10-12-28)33-31(16-15-29-14-13-26-7-5-6-8-30(26)38-29)39-35-32(17-18-37-44(33)35)42-19-21-46-22-20-42/h5-14,17-18H,15-16,19-25H2,1-4H3. The summed E-state index contributed by atoms with van der Waals surface area (Å²) >= 11 is 0. The van der Waals surface area contributed by atoms with Crippen molar-refractivity contribution in [3.8, 4) is 22.6 Å². The van der Waals surface area contributed by atoms with Gasteiger partial charge in [-0.1, -0.05) is 68.2 Å². The Morgan fingerprint density at radius 1 is 0.896 bits per heavy atom. The minimum atomic E-state index is -1.25. The number of hydrogen-bond donors (Lipinski definition) is 0. The summed E-state index contributed by atoms with van der Waals surface area (Å²) in [4.78, 5) is 25.4. The van der Waals surface area contributed by atoms with Gasteiger partial charge in [0.2, 0.25) is 0 Å². The molecule has 0 bridgehead atoms. The number of para-hydroxylation sites is 1. The fraction of sp³-hybridized carbons (Fsp3) is 0.361. The molecular weight excluding hydrogens is 621 g/mol. The number of benzene rings is 2. The van der Waals surface area contributed by atoms with Crippen LogP contribution in [0.3, 0.4) is 0 Å². The number of imidazole rings is 1. The van der Waals surface area contributed by atoms with Gasteiger partial charge < -0.3 is 14.4 Å². The molecule has 1 aliphatic rings. The van der Waals surface area contributed by atoms with E-state index in [1.807, 2.05) is 41.0 Å². The molecule has 11 nitrogen and oxygen atoms in total. The highest BCUT2D eigenvalue weighted by molar-refractivity contribution is 6.76. The molecule has 4 aromatic heterocycles. The Hall–Kier alpha value is -4.65. The van der Waals surface area contributed by atoms with Gasteiger partial charge in [-0.2, -0.15) is 5.10 Å². The van der Waals surface area contributed by atoms with E-state index in [9.17, 15) is 4.79 Å². The second kappa shape index (κ2) is 13.5.